The minimum Gasteiger partial charge on any atom is -0.282 e. The van der Waals surface area contributed by atoms with Gasteiger partial charge in [-0.1, -0.05) is 13.0 Å². The van der Waals surface area contributed by atoms with E-state index in [4.69, 9.17) is 0 Å². The summed E-state index contributed by atoms with van der Waals surface area (Å²) >= 11 is 3.31. The van der Waals surface area contributed by atoms with Crippen LogP contribution in [0.2, 0.25) is 0 Å². The van der Waals surface area contributed by atoms with Crippen molar-refractivity contribution in [2.45, 2.75) is 20.3 Å². The van der Waals surface area contributed by atoms with Crippen LogP contribution in [0.3, 0.4) is 0 Å². The number of sulfonamides is 1. The average molecular weight is 292 g/mol. The summed E-state index contributed by atoms with van der Waals surface area (Å²) in [6, 6.07) is 5.55. The SMILES string of the molecule is CCCS(=O)(=O)Nc1cc(C)ccc1Br. The van der Waals surface area contributed by atoms with E-state index in [-0.39, 0.29) is 5.75 Å². The van der Waals surface area contributed by atoms with Gasteiger partial charge in [-0.25, -0.2) is 8.42 Å². The van der Waals surface area contributed by atoms with Gasteiger partial charge in [0, 0.05) is 4.47 Å². The first-order valence-electron chi connectivity index (χ1n) is 4.71. The van der Waals surface area contributed by atoms with Crippen LogP contribution in [0.1, 0.15) is 18.9 Å². The van der Waals surface area contributed by atoms with Crippen LogP contribution in [0.4, 0.5) is 5.69 Å². The maximum atomic E-state index is 11.5. The van der Waals surface area contributed by atoms with Gasteiger partial charge >= 0.3 is 0 Å². The van der Waals surface area contributed by atoms with Crippen molar-refractivity contribution in [3.8, 4) is 0 Å². The molecule has 0 aliphatic carbocycles. The molecule has 0 saturated heterocycles. The van der Waals surface area contributed by atoms with Crippen molar-refractivity contribution in [3.63, 3.8) is 0 Å². The molecule has 1 aromatic rings. The maximum absolute atomic E-state index is 11.5. The third-order valence-electron chi connectivity index (χ3n) is 1.86. The molecule has 0 atom stereocenters. The summed E-state index contributed by atoms with van der Waals surface area (Å²) in [4.78, 5) is 0. The van der Waals surface area contributed by atoms with Crippen LogP contribution >= 0.6 is 15.9 Å². The molecule has 5 heteroatoms. The van der Waals surface area contributed by atoms with Crippen molar-refractivity contribution in [2.75, 3.05) is 10.5 Å². The van der Waals surface area contributed by atoms with Gasteiger partial charge in [0.15, 0.2) is 0 Å². The number of hydrogen-bond acceptors (Lipinski definition) is 2. The van der Waals surface area contributed by atoms with E-state index in [0.29, 0.717) is 12.1 Å². The van der Waals surface area contributed by atoms with Gasteiger partial charge in [0.1, 0.15) is 0 Å². The van der Waals surface area contributed by atoms with E-state index in [1.807, 2.05) is 26.0 Å². The summed E-state index contributed by atoms with van der Waals surface area (Å²) in [5, 5.41) is 0. The Morgan fingerprint density at radius 2 is 2.07 bits per heavy atom. The predicted molar refractivity (Wildman–Crippen MR) is 66.6 cm³/mol. The molecule has 0 heterocycles. The molecule has 84 valence electrons. The lowest BCUT2D eigenvalue weighted by Crippen LogP contribution is -2.16. The highest BCUT2D eigenvalue weighted by Gasteiger charge is 2.10. The van der Waals surface area contributed by atoms with Crippen molar-refractivity contribution in [2.24, 2.45) is 0 Å². The molecule has 0 amide bonds. The summed E-state index contributed by atoms with van der Waals surface area (Å²) in [7, 11) is -3.20. The molecule has 1 aromatic carbocycles. The minimum absolute atomic E-state index is 0.146. The number of nitrogens with one attached hydrogen (secondary N) is 1. The molecule has 0 radical (unpaired) electrons. The second-order valence-electron chi connectivity index (χ2n) is 3.40. The fourth-order valence-corrected chi connectivity index (χ4v) is 2.83. The van der Waals surface area contributed by atoms with E-state index in [1.165, 1.54) is 0 Å². The zero-order chi connectivity index (χ0) is 11.5. The molecule has 0 saturated carbocycles. The Morgan fingerprint density at radius 3 is 2.67 bits per heavy atom. The molecule has 1 rings (SSSR count). The quantitative estimate of drug-likeness (QED) is 0.927. The number of halogens is 1. The number of anilines is 1. The minimum atomic E-state index is -3.20. The molecule has 0 aliphatic rings. The second-order valence-corrected chi connectivity index (χ2v) is 6.10. The fraction of sp³-hybridized carbons (Fsp3) is 0.400. The lowest BCUT2D eigenvalue weighted by Gasteiger charge is -2.09. The highest BCUT2D eigenvalue weighted by Crippen LogP contribution is 2.24. The molecule has 15 heavy (non-hydrogen) atoms. The molecule has 0 unspecified atom stereocenters. The Morgan fingerprint density at radius 1 is 1.40 bits per heavy atom. The molecule has 0 bridgehead atoms. The molecular weight excluding hydrogens is 278 g/mol. The van der Waals surface area contributed by atoms with Crippen LogP contribution in [0.25, 0.3) is 0 Å². The van der Waals surface area contributed by atoms with Crippen LogP contribution in [-0.4, -0.2) is 14.2 Å². The van der Waals surface area contributed by atoms with Crippen LogP contribution in [0, 0.1) is 6.92 Å². The number of rotatable bonds is 4. The first-order chi connectivity index (χ1) is 6.94. The summed E-state index contributed by atoms with van der Waals surface area (Å²) < 4.78 is 26.4. The molecule has 0 fully saturated rings. The van der Waals surface area contributed by atoms with Crippen molar-refractivity contribution < 1.29 is 8.42 Å². The fourth-order valence-electron chi connectivity index (χ4n) is 1.20. The standard InChI is InChI=1S/C10H14BrNO2S/c1-3-6-15(13,14)12-10-7-8(2)4-5-9(10)11/h4-5,7,12H,3,6H2,1-2H3. The van der Waals surface area contributed by atoms with E-state index < -0.39 is 10.0 Å². The zero-order valence-electron chi connectivity index (χ0n) is 8.75. The highest BCUT2D eigenvalue weighted by atomic mass is 79.9. The van der Waals surface area contributed by atoms with Crippen LogP contribution in [0.15, 0.2) is 22.7 Å². The molecule has 0 aromatic heterocycles. The normalized spacial score (nSPS) is 11.4. The second kappa shape index (κ2) is 4.99. The average Bonchev–Trinajstić information content (AvgIpc) is 2.10. The topological polar surface area (TPSA) is 46.2 Å². The maximum Gasteiger partial charge on any atom is 0.232 e. The molecule has 0 aliphatic heterocycles. The van der Waals surface area contributed by atoms with Gasteiger partial charge in [0.2, 0.25) is 10.0 Å². The van der Waals surface area contributed by atoms with Crippen molar-refractivity contribution in [3.05, 3.63) is 28.2 Å². The third kappa shape index (κ3) is 3.83. The van der Waals surface area contributed by atoms with E-state index >= 15 is 0 Å². The lowest BCUT2D eigenvalue weighted by atomic mass is 10.2. The van der Waals surface area contributed by atoms with Crippen molar-refractivity contribution in [1.29, 1.82) is 0 Å². The molecular formula is C10H14BrNO2S. The summed E-state index contributed by atoms with van der Waals surface area (Å²) in [6.45, 7) is 3.76. The lowest BCUT2D eigenvalue weighted by molar-refractivity contribution is 0.600. The Hall–Kier alpha value is -0.550. The van der Waals surface area contributed by atoms with Gasteiger partial charge in [-0.15, -0.1) is 0 Å². The monoisotopic (exact) mass is 291 g/mol. The van der Waals surface area contributed by atoms with Crippen molar-refractivity contribution >= 4 is 31.6 Å². The Balaban J connectivity index is 2.94. The Kier molecular flexibility index (Phi) is 4.16. The number of benzene rings is 1. The summed E-state index contributed by atoms with van der Waals surface area (Å²) in [6.07, 6.45) is 0.610. The van der Waals surface area contributed by atoms with Gasteiger partial charge < -0.3 is 0 Å². The largest absolute Gasteiger partial charge is 0.282 e. The van der Waals surface area contributed by atoms with Gasteiger partial charge in [0.05, 0.1) is 11.4 Å². The van der Waals surface area contributed by atoms with Crippen LogP contribution in [0.5, 0.6) is 0 Å². The first kappa shape index (κ1) is 12.5. The molecule has 1 N–H and O–H groups in total. The van der Waals surface area contributed by atoms with Gasteiger partial charge in [-0.05, 0) is 47.0 Å². The highest BCUT2D eigenvalue weighted by molar-refractivity contribution is 9.10. The van der Waals surface area contributed by atoms with E-state index in [2.05, 4.69) is 20.7 Å². The number of aryl methyl sites for hydroxylation is 1. The summed E-state index contributed by atoms with van der Waals surface area (Å²) in [5.41, 5.74) is 1.62. The smallest absolute Gasteiger partial charge is 0.232 e. The van der Waals surface area contributed by atoms with E-state index in [9.17, 15) is 8.42 Å². The predicted octanol–water partition coefficient (Wildman–Crippen LogP) is 2.91. The zero-order valence-corrected chi connectivity index (χ0v) is 11.2. The Labute approximate surface area is 99.1 Å². The van der Waals surface area contributed by atoms with E-state index in [1.54, 1.807) is 6.07 Å². The van der Waals surface area contributed by atoms with Gasteiger partial charge in [-0.3, -0.25) is 4.72 Å². The first-order valence-corrected chi connectivity index (χ1v) is 7.16. The van der Waals surface area contributed by atoms with Crippen LogP contribution < -0.4 is 4.72 Å². The summed E-state index contributed by atoms with van der Waals surface area (Å²) in [5.74, 6) is 0.146. The third-order valence-corrected chi connectivity index (χ3v) is 4.03. The van der Waals surface area contributed by atoms with E-state index in [0.717, 1.165) is 10.0 Å². The molecule has 0 spiro atoms. The molecule has 3 nitrogen and oxygen atoms in total. The van der Waals surface area contributed by atoms with Gasteiger partial charge in [-0.2, -0.15) is 0 Å². The number of hydrogen-bond donors (Lipinski definition) is 1. The Bertz CT molecular complexity index is 443. The van der Waals surface area contributed by atoms with Crippen LogP contribution in [-0.2, 0) is 10.0 Å². The van der Waals surface area contributed by atoms with Gasteiger partial charge in [0.25, 0.3) is 0 Å². The van der Waals surface area contributed by atoms with Crippen molar-refractivity contribution in [1.82, 2.24) is 0 Å².